The van der Waals surface area contributed by atoms with Crippen molar-refractivity contribution < 1.29 is 10.2 Å². The van der Waals surface area contributed by atoms with Gasteiger partial charge in [-0.15, -0.1) is 0 Å². The summed E-state index contributed by atoms with van der Waals surface area (Å²) in [5.74, 6) is 0.141. The Kier molecular flexibility index (Phi) is 4.65. The van der Waals surface area contributed by atoms with E-state index in [0.29, 0.717) is 23.4 Å². The molecule has 0 aliphatic rings. The van der Waals surface area contributed by atoms with Crippen LogP contribution < -0.4 is 5.32 Å². The molecule has 0 fully saturated rings. The monoisotopic (exact) mass is 273 g/mol. The highest BCUT2D eigenvalue weighted by atomic mass is 16.3. The standard InChI is InChI=1S/C15H19N3O2/c1-10(12-4-3-5-16-6-12)18-8-14-13(9-19)7-17-11(2)15(14)20/h3-7,10,18-20H,8-9H2,1-2H3/t10-/m0/s1. The van der Waals surface area contributed by atoms with Gasteiger partial charge in [-0.1, -0.05) is 6.07 Å². The van der Waals surface area contributed by atoms with Crippen molar-refractivity contribution in [2.24, 2.45) is 0 Å². The summed E-state index contributed by atoms with van der Waals surface area (Å²) in [6.45, 7) is 4.09. The summed E-state index contributed by atoms with van der Waals surface area (Å²) in [5.41, 5.74) is 2.96. The lowest BCUT2D eigenvalue weighted by molar-refractivity contribution is 0.278. The Balaban J connectivity index is 2.13. The van der Waals surface area contributed by atoms with E-state index >= 15 is 0 Å². The van der Waals surface area contributed by atoms with Crippen LogP contribution in [0.5, 0.6) is 5.75 Å². The van der Waals surface area contributed by atoms with E-state index in [2.05, 4.69) is 15.3 Å². The van der Waals surface area contributed by atoms with Crippen molar-refractivity contribution in [3.8, 4) is 5.75 Å². The van der Waals surface area contributed by atoms with Crippen LogP contribution >= 0.6 is 0 Å². The highest BCUT2D eigenvalue weighted by Gasteiger charge is 2.13. The molecular weight excluding hydrogens is 254 g/mol. The van der Waals surface area contributed by atoms with Crippen LogP contribution in [0.3, 0.4) is 0 Å². The van der Waals surface area contributed by atoms with Crippen molar-refractivity contribution in [1.29, 1.82) is 0 Å². The Morgan fingerprint density at radius 3 is 2.80 bits per heavy atom. The minimum absolute atomic E-state index is 0.100. The molecule has 0 aromatic carbocycles. The van der Waals surface area contributed by atoms with Crippen molar-refractivity contribution >= 4 is 0 Å². The van der Waals surface area contributed by atoms with Crippen LogP contribution in [-0.2, 0) is 13.2 Å². The van der Waals surface area contributed by atoms with Gasteiger partial charge < -0.3 is 15.5 Å². The maximum absolute atomic E-state index is 10.1. The van der Waals surface area contributed by atoms with Crippen LogP contribution in [0.2, 0.25) is 0 Å². The van der Waals surface area contributed by atoms with Gasteiger partial charge in [0.25, 0.3) is 0 Å². The first-order valence-electron chi connectivity index (χ1n) is 6.54. The summed E-state index contributed by atoms with van der Waals surface area (Å²) >= 11 is 0. The molecule has 0 spiro atoms. The highest BCUT2D eigenvalue weighted by Crippen LogP contribution is 2.24. The summed E-state index contributed by atoms with van der Waals surface area (Å²) in [5, 5.41) is 22.7. The first-order valence-corrected chi connectivity index (χ1v) is 6.54. The van der Waals surface area contributed by atoms with Gasteiger partial charge in [-0.2, -0.15) is 0 Å². The fourth-order valence-corrected chi connectivity index (χ4v) is 2.02. The van der Waals surface area contributed by atoms with E-state index in [9.17, 15) is 10.2 Å². The molecule has 0 bridgehead atoms. The Hall–Kier alpha value is -1.98. The predicted molar refractivity (Wildman–Crippen MR) is 76.1 cm³/mol. The molecule has 2 aromatic rings. The van der Waals surface area contributed by atoms with E-state index in [1.54, 1.807) is 19.3 Å². The lowest BCUT2D eigenvalue weighted by Crippen LogP contribution is -2.19. The molecule has 0 aliphatic carbocycles. The summed E-state index contributed by atoms with van der Waals surface area (Å²) in [6.07, 6.45) is 5.14. The normalized spacial score (nSPS) is 12.3. The topological polar surface area (TPSA) is 78.3 Å². The fraction of sp³-hybridized carbons (Fsp3) is 0.333. The Morgan fingerprint density at radius 1 is 1.35 bits per heavy atom. The van der Waals surface area contributed by atoms with Crippen molar-refractivity contribution in [3.05, 3.63) is 53.1 Å². The molecular formula is C15H19N3O2. The van der Waals surface area contributed by atoms with E-state index in [-0.39, 0.29) is 18.4 Å². The minimum Gasteiger partial charge on any atom is -0.506 e. The summed E-state index contributed by atoms with van der Waals surface area (Å²) in [6, 6.07) is 3.99. The van der Waals surface area contributed by atoms with Crippen LogP contribution in [0.15, 0.2) is 30.7 Å². The average Bonchev–Trinajstić information content (AvgIpc) is 2.49. The molecule has 106 valence electrons. The number of rotatable bonds is 5. The number of nitrogens with zero attached hydrogens (tertiary/aromatic N) is 2. The lowest BCUT2D eigenvalue weighted by atomic mass is 10.1. The van der Waals surface area contributed by atoms with Gasteiger partial charge in [0.15, 0.2) is 0 Å². The number of nitrogens with one attached hydrogen (secondary N) is 1. The summed E-state index contributed by atoms with van der Waals surface area (Å²) < 4.78 is 0. The van der Waals surface area contributed by atoms with Crippen LogP contribution in [0.4, 0.5) is 0 Å². The second kappa shape index (κ2) is 6.45. The molecule has 0 unspecified atom stereocenters. The summed E-state index contributed by atoms with van der Waals surface area (Å²) in [7, 11) is 0. The molecule has 2 rings (SSSR count). The van der Waals surface area contributed by atoms with Crippen molar-refractivity contribution in [3.63, 3.8) is 0 Å². The quantitative estimate of drug-likeness (QED) is 0.774. The predicted octanol–water partition coefficient (Wildman–Crippen LogP) is 1.83. The third-order valence-corrected chi connectivity index (χ3v) is 3.37. The summed E-state index contributed by atoms with van der Waals surface area (Å²) in [4.78, 5) is 8.13. The number of aliphatic hydroxyl groups excluding tert-OH is 1. The number of aryl methyl sites for hydroxylation is 1. The van der Waals surface area contributed by atoms with Crippen LogP contribution in [0, 0.1) is 6.92 Å². The molecule has 2 heterocycles. The fourth-order valence-electron chi connectivity index (χ4n) is 2.02. The molecule has 5 heteroatoms. The zero-order valence-electron chi connectivity index (χ0n) is 11.7. The first kappa shape index (κ1) is 14.4. The molecule has 3 N–H and O–H groups in total. The van der Waals surface area contributed by atoms with Gasteiger partial charge in [0.1, 0.15) is 5.75 Å². The number of aromatic nitrogens is 2. The van der Waals surface area contributed by atoms with Gasteiger partial charge in [-0.05, 0) is 25.5 Å². The number of hydrogen-bond acceptors (Lipinski definition) is 5. The van der Waals surface area contributed by atoms with Crippen LogP contribution in [-0.4, -0.2) is 20.2 Å². The van der Waals surface area contributed by atoms with E-state index < -0.39 is 0 Å². The number of aromatic hydroxyl groups is 1. The largest absolute Gasteiger partial charge is 0.506 e. The van der Waals surface area contributed by atoms with Gasteiger partial charge in [-0.3, -0.25) is 9.97 Å². The van der Waals surface area contributed by atoms with E-state index in [1.807, 2.05) is 25.3 Å². The van der Waals surface area contributed by atoms with Crippen molar-refractivity contribution in [1.82, 2.24) is 15.3 Å². The molecule has 1 atom stereocenters. The van der Waals surface area contributed by atoms with Crippen LogP contribution in [0.25, 0.3) is 0 Å². The van der Waals surface area contributed by atoms with E-state index in [0.717, 1.165) is 5.56 Å². The highest BCUT2D eigenvalue weighted by molar-refractivity contribution is 5.40. The van der Waals surface area contributed by atoms with E-state index in [1.165, 1.54) is 0 Å². The second-order valence-electron chi connectivity index (χ2n) is 4.74. The molecule has 0 radical (unpaired) electrons. The average molecular weight is 273 g/mol. The zero-order chi connectivity index (χ0) is 14.5. The minimum atomic E-state index is -0.140. The molecule has 5 nitrogen and oxygen atoms in total. The van der Waals surface area contributed by atoms with Crippen LogP contribution in [0.1, 0.15) is 35.3 Å². The zero-order valence-corrected chi connectivity index (χ0v) is 11.7. The molecule has 0 aliphatic heterocycles. The van der Waals surface area contributed by atoms with Gasteiger partial charge in [-0.25, -0.2) is 0 Å². The van der Waals surface area contributed by atoms with Gasteiger partial charge in [0.2, 0.25) is 0 Å². The van der Waals surface area contributed by atoms with Crippen molar-refractivity contribution in [2.45, 2.75) is 33.0 Å². The van der Waals surface area contributed by atoms with Gasteiger partial charge >= 0.3 is 0 Å². The number of pyridine rings is 2. The SMILES string of the molecule is Cc1ncc(CO)c(CN[C@@H](C)c2cccnc2)c1O. The number of aliphatic hydroxyl groups is 1. The lowest BCUT2D eigenvalue weighted by Gasteiger charge is -2.16. The third kappa shape index (κ3) is 3.12. The maximum atomic E-state index is 10.1. The molecule has 0 saturated carbocycles. The molecule has 2 aromatic heterocycles. The molecule has 0 amide bonds. The van der Waals surface area contributed by atoms with Gasteiger partial charge in [0.05, 0.1) is 12.3 Å². The van der Waals surface area contributed by atoms with Gasteiger partial charge in [0, 0.05) is 42.3 Å². The molecule has 20 heavy (non-hydrogen) atoms. The van der Waals surface area contributed by atoms with E-state index in [4.69, 9.17) is 0 Å². The molecule has 0 saturated heterocycles. The first-order chi connectivity index (χ1) is 9.63. The van der Waals surface area contributed by atoms with Crippen molar-refractivity contribution in [2.75, 3.05) is 0 Å². The third-order valence-electron chi connectivity index (χ3n) is 3.37. The Morgan fingerprint density at radius 2 is 2.15 bits per heavy atom. The maximum Gasteiger partial charge on any atom is 0.141 e. The Bertz CT molecular complexity index is 573. The smallest absolute Gasteiger partial charge is 0.141 e. The number of hydrogen-bond donors (Lipinski definition) is 3. The Labute approximate surface area is 118 Å². The second-order valence-corrected chi connectivity index (χ2v) is 4.74.